The molecule has 0 saturated heterocycles. The molecule has 1 aromatic rings. The van der Waals surface area contributed by atoms with Crippen molar-refractivity contribution in [2.24, 2.45) is 0 Å². The first kappa shape index (κ1) is 17.6. The van der Waals surface area contributed by atoms with Gasteiger partial charge in [-0.15, -0.1) is 0 Å². The molecule has 0 aliphatic heterocycles. The molecule has 0 spiro atoms. The van der Waals surface area contributed by atoms with Crippen LogP contribution < -0.4 is 10.1 Å². The number of nitrogens with one attached hydrogen (secondary N) is 1. The van der Waals surface area contributed by atoms with Gasteiger partial charge in [0.2, 0.25) is 0 Å². The molecule has 0 aromatic heterocycles. The van der Waals surface area contributed by atoms with Crippen LogP contribution in [0.4, 0.5) is 0 Å². The predicted molar refractivity (Wildman–Crippen MR) is 81.0 cm³/mol. The predicted octanol–water partition coefficient (Wildman–Crippen LogP) is 3.13. The Bertz CT molecular complexity index is 508. The van der Waals surface area contributed by atoms with Crippen molar-refractivity contribution in [3.8, 4) is 5.75 Å². The Hall–Kier alpha value is -1.46. The number of ether oxygens (including phenoxy) is 1. The lowest BCUT2D eigenvalue weighted by Gasteiger charge is -2.16. The summed E-state index contributed by atoms with van der Waals surface area (Å²) >= 11 is 11.7. The summed E-state index contributed by atoms with van der Waals surface area (Å²) in [5, 5.41) is 12.2. The Balaban J connectivity index is 2.50. The van der Waals surface area contributed by atoms with Gasteiger partial charge in [-0.25, -0.2) is 0 Å². The largest absolute Gasteiger partial charge is 0.482 e. The van der Waals surface area contributed by atoms with E-state index in [2.05, 4.69) is 5.32 Å². The number of carboxylic acid groups (broad SMARTS) is 1. The lowest BCUT2D eigenvalue weighted by atomic mass is 10.1. The van der Waals surface area contributed by atoms with Crippen LogP contribution in [0.3, 0.4) is 0 Å². The Morgan fingerprint density at radius 3 is 2.67 bits per heavy atom. The zero-order chi connectivity index (χ0) is 15.8. The number of aliphatic carboxylic acids is 1. The molecule has 7 heteroatoms. The maximum absolute atomic E-state index is 11.8. The minimum atomic E-state index is -0.949. The van der Waals surface area contributed by atoms with Gasteiger partial charge in [0, 0.05) is 11.1 Å². The summed E-state index contributed by atoms with van der Waals surface area (Å²) in [7, 11) is 0. The number of amides is 1. The van der Waals surface area contributed by atoms with E-state index in [9.17, 15) is 9.59 Å². The van der Waals surface area contributed by atoms with Crippen molar-refractivity contribution in [2.75, 3.05) is 6.61 Å². The number of rotatable bonds is 8. The standard InChI is InChI=1S/C14H17Cl2NO4/c1-2-3-10(7-14(19)20)17-13(18)8-21-12-5-4-9(15)6-11(12)16/h4-6,10H,2-3,7-8H2,1H3,(H,17,18)(H,19,20). The lowest BCUT2D eigenvalue weighted by molar-refractivity contribution is -0.137. The fourth-order valence-corrected chi connectivity index (χ4v) is 2.25. The van der Waals surface area contributed by atoms with Crippen LogP contribution in [0, 0.1) is 0 Å². The maximum Gasteiger partial charge on any atom is 0.305 e. The number of benzene rings is 1. The Labute approximate surface area is 133 Å². The molecule has 0 heterocycles. The van der Waals surface area contributed by atoms with Gasteiger partial charge in [-0.3, -0.25) is 9.59 Å². The topological polar surface area (TPSA) is 75.6 Å². The SMILES string of the molecule is CCCC(CC(=O)O)NC(=O)COc1ccc(Cl)cc1Cl. The molecule has 1 unspecified atom stereocenters. The molecule has 0 bridgehead atoms. The maximum atomic E-state index is 11.8. The summed E-state index contributed by atoms with van der Waals surface area (Å²) < 4.78 is 5.29. The van der Waals surface area contributed by atoms with Crippen LogP contribution in [0.5, 0.6) is 5.75 Å². The third kappa shape index (κ3) is 6.69. The summed E-state index contributed by atoms with van der Waals surface area (Å²) in [6.07, 6.45) is 1.27. The molecule has 1 rings (SSSR count). The van der Waals surface area contributed by atoms with Gasteiger partial charge in [0.25, 0.3) is 5.91 Å². The van der Waals surface area contributed by atoms with Crippen molar-refractivity contribution in [3.63, 3.8) is 0 Å². The van der Waals surface area contributed by atoms with Gasteiger partial charge in [-0.1, -0.05) is 36.5 Å². The first-order valence-corrected chi connectivity index (χ1v) is 7.27. The smallest absolute Gasteiger partial charge is 0.305 e. The van der Waals surface area contributed by atoms with Crippen LogP contribution in [-0.2, 0) is 9.59 Å². The fourth-order valence-electron chi connectivity index (χ4n) is 1.79. The summed E-state index contributed by atoms with van der Waals surface area (Å²) in [6.45, 7) is 1.69. The number of halogens is 2. The van der Waals surface area contributed by atoms with Crippen molar-refractivity contribution in [1.29, 1.82) is 0 Å². The van der Waals surface area contributed by atoms with E-state index in [4.69, 9.17) is 33.0 Å². The van der Waals surface area contributed by atoms with Crippen LogP contribution in [0.25, 0.3) is 0 Å². The average molecular weight is 334 g/mol. The molecule has 0 fully saturated rings. The normalized spacial score (nSPS) is 11.8. The van der Waals surface area contributed by atoms with Crippen molar-refractivity contribution in [1.82, 2.24) is 5.32 Å². The van der Waals surface area contributed by atoms with Crippen LogP contribution in [0.2, 0.25) is 10.0 Å². The van der Waals surface area contributed by atoms with Crippen molar-refractivity contribution in [2.45, 2.75) is 32.2 Å². The quantitative estimate of drug-likeness (QED) is 0.766. The number of carbonyl (C=O) groups excluding carboxylic acids is 1. The molecule has 5 nitrogen and oxygen atoms in total. The van der Waals surface area contributed by atoms with E-state index in [1.165, 1.54) is 6.07 Å². The number of hydrogen-bond acceptors (Lipinski definition) is 3. The van der Waals surface area contributed by atoms with Crippen LogP contribution in [0.1, 0.15) is 26.2 Å². The molecule has 1 amide bonds. The van der Waals surface area contributed by atoms with E-state index in [1.54, 1.807) is 12.1 Å². The molecule has 116 valence electrons. The van der Waals surface area contributed by atoms with Crippen LogP contribution in [-0.4, -0.2) is 29.6 Å². The van der Waals surface area contributed by atoms with Gasteiger partial charge in [0.1, 0.15) is 5.75 Å². The fraction of sp³-hybridized carbons (Fsp3) is 0.429. The Morgan fingerprint density at radius 1 is 1.38 bits per heavy atom. The van der Waals surface area contributed by atoms with Crippen LogP contribution in [0.15, 0.2) is 18.2 Å². The van der Waals surface area contributed by atoms with Crippen molar-refractivity contribution >= 4 is 35.1 Å². The third-order valence-electron chi connectivity index (χ3n) is 2.68. The highest BCUT2D eigenvalue weighted by molar-refractivity contribution is 6.35. The zero-order valence-electron chi connectivity index (χ0n) is 11.6. The van der Waals surface area contributed by atoms with Crippen molar-refractivity contribution < 1.29 is 19.4 Å². The van der Waals surface area contributed by atoms with Gasteiger partial charge in [0.15, 0.2) is 6.61 Å². The first-order valence-electron chi connectivity index (χ1n) is 6.51. The zero-order valence-corrected chi connectivity index (χ0v) is 13.1. The van der Waals surface area contributed by atoms with Gasteiger partial charge >= 0.3 is 5.97 Å². The van der Waals surface area contributed by atoms with E-state index in [0.717, 1.165) is 6.42 Å². The second-order valence-electron chi connectivity index (χ2n) is 4.51. The molecule has 21 heavy (non-hydrogen) atoms. The minimum absolute atomic E-state index is 0.110. The molecular formula is C14H17Cl2NO4. The van der Waals surface area contributed by atoms with Gasteiger partial charge in [-0.2, -0.15) is 0 Å². The summed E-state index contributed by atoms with van der Waals surface area (Å²) in [5.41, 5.74) is 0. The average Bonchev–Trinajstić information content (AvgIpc) is 2.37. The van der Waals surface area contributed by atoms with E-state index >= 15 is 0 Å². The number of hydrogen-bond donors (Lipinski definition) is 2. The highest BCUT2D eigenvalue weighted by atomic mass is 35.5. The molecule has 0 aliphatic carbocycles. The van der Waals surface area contributed by atoms with Crippen molar-refractivity contribution in [3.05, 3.63) is 28.2 Å². The van der Waals surface area contributed by atoms with Gasteiger partial charge in [-0.05, 0) is 24.6 Å². The molecule has 0 saturated carbocycles. The Kier molecular flexibility index (Phi) is 7.32. The van der Waals surface area contributed by atoms with Crippen LogP contribution >= 0.6 is 23.2 Å². The highest BCUT2D eigenvalue weighted by Gasteiger charge is 2.15. The lowest BCUT2D eigenvalue weighted by Crippen LogP contribution is -2.39. The van der Waals surface area contributed by atoms with Gasteiger partial charge in [0.05, 0.1) is 11.4 Å². The first-order chi connectivity index (χ1) is 9.92. The van der Waals surface area contributed by atoms with Gasteiger partial charge < -0.3 is 15.2 Å². The van der Waals surface area contributed by atoms with E-state index in [1.807, 2.05) is 6.92 Å². The molecule has 1 atom stereocenters. The molecule has 0 aliphatic rings. The van der Waals surface area contributed by atoms with E-state index in [-0.39, 0.29) is 18.9 Å². The number of carbonyl (C=O) groups is 2. The highest BCUT2D eigenvalue weighted by Crippen LogP contribution is 2.27. The number of carboxylic acids is 1. The van der Waals surface area contributed by atoms with E-state index in [0.29, 0.717) is 22.2 Å². The monoisotopic (exact) mass is 333 g/mol. The molecule has 1 aromatic carbocycles. The summed E-state index contributed by atoms with van der Waals surface area (Å²) in [5.74, 6) is -0.988. The summed E-state index contributed by atoms with van der Waals surface area (Å²) in [6, 6.07) is 4.29. The molecule has 0 radical (unpaired) electrons. The molecule has 2 N–H and O–H groups in total. The second kappa shape index (κ2) is 8.74. The molecular weight excluding hydrogens is 317 g/mol. The summed E-state index contributed by atoms with van der Waals surface area (Å²) in [4.78, 5) is 22.5. The second-order valence-corrected chi connectivity index (χ2v) is 5.36. The van der Waals surface area contributed by atoms with E-state index < -0.39 is 12.0 Å². The Morgan fingerprint density at radius 2 is 2.10 bits per heavy atom. The minimum Gasteiger partial charge on any atom is -0.482 e. The third-order valence-corrected chi connectivity index (χ3v) is 3.21.